The number of nitrogens with one attached hydrogen (secondary N) is 1. The molecule has 1 atom stereocenters. The van der Waals surface area contributed by atoms with Crippen molar-refractivity contribution in [1.82, 2.24) is 5.32 Å². The Kier molecular flexibility index (Phi) is 5.12. The average Bonchev–Trinajstić information content (AvgIpc) is 2.34. The number of benzene rings is 1. The minimum absolute atomic E-state index is 0.101. The molecule has 0 heterocycles. The van der Waals surface area contributed by atoms with Crippen molar-refractivity contribution >= 4 is 11.9 Å². The summed E-state index contributed by atoms with van der Waals surface area (Å²) in [4.78, 5) is 21.5. The van der Waals surface area contributed by atoms with E-state index < -0.39 is 36.5 Å². The highest BCUT2D eigenvalue weighted by molar-refractivity contribution is 5.87. The second-order valence-electron chi connectivity index (χ2n) is 4.08. The largest absolute Gasteiger partial charge is 0.491 e. The standard InChI is InChI=1S/C12H11F4NO4/c1-6-4-7(13)2-3-9(6)21-5-8(10(18)19)17-11(20)12(14,15)16/h2-4,8H,5H2,1H3,(H,17,20)(H,18,19). The second-order valence-corrected chi connectivity index (χ2v) is 4.08. The normalized spacial score (nSPS) is 12.6. The molecule has 0 saturated carbocycles. The average molecular weight is 309 g/mol. The Morgan fingerprint density at radius 1 is 1.38 bits per heavy atom. The monoisotopic (exact) mass is 309 g/mol. The minimum Gasteiger partial charge on any atom is -0.491 e. The van der Waals surface area contributed by atoms with Gasteiger partial charge in [0.15, 0.2) is 6.04 Å². The number of carboxylic acids is 1. The van der Waals surface area contributed by atoms with E-state index in [0.29, 0.717) is 5.56 Å². The fraction of sp³-hybridized carbons (Fsp3) is 0.333. The Morgan fingerprint density at radius 2 is 2.00 bits per heavy atom. The Hall–Kier alpha value is -2.32. The molecule has 0 aliphatic rings. The topological polar surface area (TPSA) is 75.6 Å². The fourth-order valence-electron chi connectivity index (χ4n) is 1.36. The molecule has 21 heavy (non-hydrogen) atoms. The van der Waals surface area contributed by atoms with Crippen LogP contribution in [-0.2, 0) is 9.59 Å². The van der Waals surface area contributed by atoms with Crippen LogP contribution in [0.2, 0.25) is 0 Å². The number of ether oxygens (including phenoxy) is 1. The van der Waals surface area contributed by atoms with E-state index in [0.717, 1.165) is 12.1 Å². The van der Waals surface area contributed by atoms with E-state index in [1.807, 2.05) is 0 Å². The lowest BCUT2D eigenvalue weighted by Crippen LogP contribution is -2.49. The zero-order chi connectivity index (χ0) is 16.2. The number of rotatable bonds is 5. The van der Waals surface area contributed by atoms with Gasteiger partial charge in [0, 0.05) is 0 Å². The predicted octanol–water partition coefficient (Wildman–Crippen LogP) is 1.64. The van der Waals surface area contributed by atoms with Crippen LogP contribution in [0, 0.1) is 12.7 Å². The van der Waals surface area contributed by atoms with Gasteiger partial charge in [-0.25, -0.2) is 9.18 Å². The number of alkyl halides is 3. The maximum absolute atomic E-state index is 12.8. The van der Waals surface area contributed by atoms with Crippen LogP contribution in [0.5, 0.6) is 5.75 Å². The van der Waals surface area contributed by atoms with E-state index in [1.165, 1.54) is 18.3 Å². The van der Waals surface area contributed by atoms with Crippen LogP contribution < -0.4 is 10.1 Å². The fourth-order valence-corrected chi connectivity index (χ4v) is 1.36. The van der Waals surface area contributed by atoms with Gasteiger partial charge < -0.3 is 15.2 Å². The van der Waals surface area contributed by atoms with Gasteiger partial charge in [-0.2, -0.15) is 13.2 Å². The van der Waals surface area contributed by atoms with Crippen molar-refractivity contribution in [2.45, 2.75) is 19.1 Å². The Labute approximate surface area is 116 Å². The number of carbonyl (C=O) groups excluding carboxylic acids is 1. The molecule has 5 nitrogen and oxygen atoms in total. The van der Waals surface area contributed by atoms with E-state index in [9.17, 15) is 27.2 Å². The van der Waals surface area contributed by atoms with Gasteiger partial charge in [-0.1, -0.05) is 0 Å². The molecule has 0 spiro atoms. The number of aryl methyl sites for hydroxylation is 1. The van der Waals surface area contributed by atoms with Gasteiger partial charge in [0.2, 0.25) is 0 Å². The molecule has 9 heteroatoms. The van der Waals surface area contributed by atoms with Crippen molar-refractivity contribution in [3.05, 3.63) is 29.6 Å². The SMILES string of the molecule is Cc1cc(F)ccc1OCC(NC(=O)C(F)(F)F)C(=O)O. The van der Waals surface area contributed by atoms with Crippen LogP contribution in [0.4, 0.5) is 17.6 Å². The first kappa shape index (κ1) is 16.7. The summed E-state index contributed by atoms with van der Waals surface area (Å²) in [6.07, 6.45) is -5.19. The number of halogens is 4. The first-order valence-electron chi connectivity index (χ1n) is 5.60. The van der Waals surface area contributed by atoms with Crippen molar-refractivity contribution < 1.29 is 37.0 Å². The molecule has 0 bridgehead atoms. The Balaban J connectivity index is 2.72. The molecule has 2 N–H and O–H groups in total. The molecule has 0 fully saturated rings. The summed E-state index contributed by atoms with van der Waals surface area (Å²) in [5, 5.41) is 10.1. The molecule has 1 amide bonds. The summed E-state index contributed by atoms with van der Waals surface area (Å²) in [5.74, 6) is -4.51. The molecule has 0 aromatic heterocycles. The van der Waals surface area contributed by atoms with Crippen LogP contribution in [0.1, 0.15) is 5.56 Å². The zero-order valence-corrected chi connectivity index (χ0v) is 10.7. The highest BCUT2D eigenvalue weighted by Gasteiger charge is 2.41. The highest BCUT2D eigenvalue weighted by atomic mass is 19.4. The van der Waals surface area contributed by atoms with Crippen LogP contribution in [0.3, 0.4) is 0 Å². The van der Waals surface area contributed by atoms with Crippen molar-refractivity contribution in [2.75, 3.05) is 6.61 Å². The zero-order valence-electron chi connectivity index (χ0n) is 10.7. The number of carbonyl (C=O) groups is 2. The van der Waals surface area contributed by atoms with Crippen LogP contribution in [0.15, 0.2) is 18.2 Å². The number of aliphatic carboxylic acids is 1. The molecule has 1 unspecified atom stereocenters. The van der Waals surface area contributed by atoms with E-state index in [1.54, 1.807) is 0 Å². The quantitative estimate of drug-likeness (QED) is 0.811. The summed E-state index contributed by atoms with van der Waals surface area (Å²) in [6.45, 7) is 0.742. The van der Waals surface area contributed by atoms with Crippen LogP contribution >= 0.6 is 0 Å². The molecule has 1 rings (SSSR count). The van der Waals surface area contributed by atoms with E-state index in [4.69, 9.17) is 9.84 Å². The van der Waals surface area contributed by atoms with Gasteiger partial charge in [-0.15, -0.1) is 0 Å². The van der Waals surface area contributed by atoms with E-state index in [-0.39, 0.29) is 5.75 Å². The number of hydrogen-bond donors (Lipinski definition) is 2. The van der Waals surface area contributed by atoms with Crippen LogP contribution in [-0.4, -0.2) is 35.8 Å². The minimum atomic E-state index is -5.19. The molecule has 1 aromatic carbocycles. The Bertz CT molecular complexity index is 545. The number of hydrogen-bond acceptors (Lipinski definition) is 3. The number of amides is 1. The summed E-state index contributed by atoms with van der Waals surface area (Å²) in [6, 6.07) is 1.48. The molecular weight excluding hydrogens is 298 g/mol. The molecule has 0 saturated heterocycles. The van der Waals surface area contributed by atoms with Gasteiger partial charge in [-0.3, -0.25) is 4.79 Å². The third kappa shape index (κ3) is 4.93. The van der Waals surface area contributed by atoms with Crippen molar-refractivity contribution in [3.63, 3.8) is 0 Å². The maximum atomic E-state index is 12.8. The van der Waals surface area contributed by atoms with Crippen LogP contribution in [0.25, 0.3) is 0 Å². The molecule has 0 aliphatic carbocycles. The summed E-state index contributed by atoms with van der Waals surface area (Å²) in [7, 11) is 0. The maximum Gasteiger partial charge on any atom is 0.471 e. The van der Waals surface area contributed by atoms with E-state index in [2.05, 4.69) is 0 Å². The van der Waals surface area contributed by atoms with Gasteiger partial charge in [0.05, 0.1) is 0 Å². The summed E-state index contributed by atoms with van der Waals surface area (Å²) < 4.78 is 54.0. The van der Waals surface area contributed by atoms with Gasteiger partial charge in [-0.05, 0) is 30.7 Å². The first-order chi connectivity index (χ1) is 9.61. The lowest BCUT2D eigenvalue weighted by Gasteiger charge is -2.17. The number of carboxylic acid groups (broad SMARTS) is 1. The first-order valence-corrected chi connectivity index (χ1v) is 5.60. The predicted molar refractivity (Wildman–Crippen MR) is 62.3 cm³/mol. The third-order valence-electron chi connectivity index (χ3n) is 2.40. The third-order valence-corrected chi connectivity index (χ3v) is 2.40. The van der Waals surface area contributed by atoms with Crippen molar-refractivity contribution in [1.29, 1.82) is 0 Å². The lowest BCUT2D eigenvalue weighted by atomic mass is 10.2. The molecular formula is C12H11F4NO4. The summed E-state index contributed by atoms with van der Waals surface area (Å²) in [5.41, 5.74) is 0.335. The second kappa shape index (κ2) is 6.42. The molecule has 0 aliphatic heterocycles. The van der Waals surface area contributed by atoms with Gasteiger partial charge in [0.25, 0.3) is 0 Å². The molecule has 0 radical (unpaired) electrons. The van der Waals surface area contributed by atoms with E-state index >= 15 is 0 Å². The smallest absolute Gasteiger partial charge is 0.471 e. The van der Waals surface area contributed by atoms with Gasteiger partial charge >= 0.3 is 18.1 Å². The summed E-state index contributed by atoms with van der Waals surface area (Å²) >= 11 is 0. The van der Waals surface area contributed by atoms with Crippen molar-refractivity contribution in [3.8, 4) is 5.75 Å². The lowest BCUT2D eigenvalue weighted by molar-refractivity contribution is -0.175. The molecule has 116 valence electrons. The Morgan fingerprint density at radius 3 is 2.48 bits per heavy atom. The molecule has 1 aromatic rings. The highest BCUT2D eigenvalue weighted by Crippen LogP contribution is 2.19. The van der Waals surface area contributed by atoms with Gasteiger partial charge in [0.1, 0.15) is 18.2 Å². The van der Waals surface area contributed by atoms with Crippen molar-refractivity contribution in [2.24, 2.45) is 0 Å².